The average molecular weight is 392 g/mol. The molecule has 2 heterocycles. The van der Waals surface area contributed by atoms with Gasteiger partial charge < -0.3 is 14.1 Å². The van der Waals surface area contributed by atoms with Crippen LogP contribution >= 0.6 is 0 Å². The van der Waals surface area contributed by atoms with Crippen LogP contribution < -0.4 is 9.46 Å². The number of likely N-dealkylation sites (tertiary alicyclic amines) is 1. The number of sulfonamides is 1. The summed E-state index contributed by atoms with van der Waals surface area (Å²) in [5.41, 5.74) is 1.39. The number of methoxy groups -OCH3 is 1. The Morgan fingerprint density at radius 2 is 2.04 bits per heavy atom. The molecule has 0 atom stereocenters. The summed E-state index contributed by atoms with van der Waals surface area (Å²) in [7, 11) is -2.20. The molecule has 7 nitrogen and oxygen atoms in total. The molecule has 1 N–H and O–H groups in total. The first-order chi connectivity index (χ1) is 12.9. The molecule has 1 aromatic carbocycles. The number of piperidine rings is 1. The average Bonchev–Trinajstić information content (AvgIpc) is 3.21. The second kappa shape index (κ2) is 8.14. The fourth-order valence-corrected chi connectivity index (χ4v) is 4.58. The third kappa shape index (κ3) is 4.51. The second-order valence-corrected chi connectivity index (χ2v) is 8.49. The molecule has 3 rings (SSSR count). The molecule has 1 saturated heterocycles. The van der Waals surface area contributed by atoms with Crippen molar-refractivity contribution >= 4 is 15.9 Å². The number of hydrogen-bond donors (Lipinski definition) is 1. The maximum Gasteiger partial charge on any atom is 0.257 e. The molecule has 1 fully saturated rings. The van der Waals surface area contributed by atoms with Crippen molar-refractivity contribution in [1.82, 2.24) is 9.62 Å². The van der Waals surface area contributed by atoms with Crippen LogP contribution in [0.25, 0.3) is 0 Å². The van der Waals surface area contributed by atoms with Crippen LogP contribution in [0.1, 0.15) is 28.8 Å². The Kier molecular flexibility index (Phi) is 5.86. The van der Waals surface area contributed by atoms with Gasteiger partial charge in [0.15, 0.2) is 0 Å². The van der Waals surface area contributed by atoms with Crippen LogP contribution in [0, 0.1) is 12.8 Å². The van der Waals surface area contributed by atoms with Crippen LogP contribution in [0.15, 0.2) is 46.1 Å². The summed E-state index contributed by atoms with van der Waals surface area (Å²) in [5, 5.41) is 0. The molecule has 0 unspecified atom stereocenters. The minimum absolute atomic E-state index is 0.0488. The zero-order valence-electron chi connectivity index (χ0n) is 15.5. The highest BCUT2D eigenvalue weighted by molar-refractivity contribution is 7.89. The molecular weight excluding hydrogens is 368 g/mol. The number of ether oxygens (including phenoxy) is 1. The van der Waals surface area contributed by atoms with Gasteiger partial charge in [0.25, 0.3) is 5.91 Å². The number of furan rings is 1. The molecule has 1 aromatic heterocycles. The van der Waals surface area contributed by atoms with Gasteiger partial charge in [0.1, 0.15) is 16.9 Å². The van der Waals surface area contributed by atoms with E-state index in [9.17, 15) is 13.2 Å². The lowest BCUT2D eigenvalue weighted by atomic mass is 9.97. The predicted octanol–water partition coefficient (Wildman–Crippen LogP) is 2.43. The number of aryl methyl sites for hydroxylation is 1. The van der Waals surface area contributed by atoms with E-state index in [1.807, 2.05) is 13.0 Å². The summed E-state index contributed by atoms with van der Waals surface area (Å²) >= 11 is 0. The lowest BCUT2D eigenvalue weighted by Crippen LogP contribution is -2.41. The van der Waals surface area contributed by atoms with Crippen molar-refractivity contribution in [3.05, 3.63) is 47.9 Å². The monoisotopic (exact) mass is 392 g/mol. The van der Waals surface area contributed by atoms with E-state index < -0.39 is 10.0 Å². The summed E-state index contributed by atoms with van der Waals surface area (Å²) in [5.74, 6) is 0.463. The third-order valence-electron chi connectivity index (χ3n) is 4.84. The summed E-state index contributed by atoms with van der Waals surface area (Å²) < 4.78 is 38.2. The number of carbonyl (C=O) groups excluding carboxylic acids is 1. The Balaban J connectivity index is 1.57. The zero-order chi connectivity index (χ0) is 19.4. The topological polar surface area (TPSA) is 88.9 Å². The van der Waals surface area contributed by atoms with Gasteiger partial charge in [0.05, 0.1) is 18.9 Å². The van der Waals surface area contributed by atoms with Crippen molar-refractivity contribution in [2.24, 2.45) is 5.92 Å². The Labute approximate surface area is 159 Å². The van der Waals surface area contributed by atoms with Gasteiger partial charge >= 0.3 is 0 Å². The summed E-state index contributed by atoms with van der Waals surface area (Å²) in [4.78, 5) is 14.2. The van der Waals surface area contributed by atoms with E-state index in [2.05, 4.69) is 4.72 Å². The van der Waals surface area contributed by atoms with Crippen molar-refractivity contribution in [2.45, 2.75) is 24.7 Å². The summed E-state index contributed by atoms with van der Waals surface area (Å²) in [6.45, 7) is 3.38. The first kappa shape index (κ1) is 19.4. The van der Waals surface area contributed by atoms with Gasteiger partial charge in [-0.2, -0.15) is 0 Å². The maximum absolute atomic E-state index is 12.7. The molecule has 1 amide bonds. The smallest absolute Gasteiger partial charge is 0.257 e. The van der Waals surface area contributed by atoms with Crippen LogP contribution in [0.4, 0.5) is 0 Å². The van der Waals surface area contributed by atoms with E-state index in [-0.39, 0.29) is 16.7 Å². The minimum atomic E-state index is -3.66. The largest absolute Gasteiger partial charge is 0.495 e. The first-order valence-corrected chi connectivity index (χ1v) is 10.3. The Bertz CT molecular complexity index is 885. The van der Waals surface area contributed by atoms with Crippen molar-refractivity contribution in [3.8, 4) is 5.75 Å². The maximum atomic E-state index is 12.7. The zero-order valence-corrected chi connectivity index (χ0v) is 16.3. The molecule has 0 spiro atoms. The van der Waals surface area contributed by atoms with Crippen molar-refractivity contribution in [3.63, 3.8) is 0 Å². The Morgan fingerprint density at radius 1 is 1.30 bits per heavy atom. The summed E-state index contributed by atoms with van der Waals surface area (Å²) in [6, 6.07) is 6.72. The van der Waals surface area contributed by atoms with E-state index >= 15 is 0 Å². The third-order valence-corrected chi connectivity index (χ3v) is 6.29. The Hall–Kier alpha value is -2.32. The highest BCUT2D eigenvalue weighted by Crippen LogP contribution is 2.25. The number of amides is 1. The van der Waals surface area contributed by atoms with Crippen molar-refractivity contribution in [2.75, 3.05) is 26.7 Å². The highest BCUT2D eigenvalue weighted by Gasteiger charge is 2.26. The van der Waals surface area contributed by atoms with Gasteiger partial charge in [-0.05, 0) is 49.4 Å². The molecule has 0 radical (unpaired) electrons. The van der Waals surface area contributed by atoms with Crippen LogP contribution in [0.2, 0.25) is 0 Å². The van der Waals surface area contributed by atoms with Crippen molar-refractivity contribution in [1.29, 1.82) is 0 Å². The molecule has 1 aliphatic heterocycles. The van der Waals surface area contributed by atoms with Gasteiger partial charge in [0, 0.05) is 19.6 Å². The minimum Gasteiger partial charge on any atom is -0.495 e. The first-order valence-electron chi connectivity index (χ1n) is 8.86. The van der Waals surface area contributed by atoms with Gasteiger partial charge in [-0.25, -0.2) is 13.1 Å². The highest BCUT2D eigenvalue weighted by atomic mass is 32.2. The molecule has 0 saturated carbocycles. The quantitative estimate of drug-likeness (QED) is 0.816. The lowest BCUT2D eigenvalue weighted by Gasteiger charge is -2.31. The fraction of sp³-hybridized carbons (Fsp3) is 0.421. The van der Waals surface area contributed by atoms with E-state index in [1.165, 1.54) is 19.6 Å². The van der Waals surface area contributed by atoms with Crippen LogP contribution in [0.3, 0.4) is 0 Å². The second-order valence-electron chi connectivity index (χ2n) is 6.75. The number of nitrogens with zero attached hydrogens (tertiary/aromatic N) is 1. The Morgan fingerprint density at radius 3 is 2.67 bits per heavy atom. The molecule has 146 valence electrons. The predicted molar refractivity (Wildman–Crippen MR) is 100 cm³/mol. The van der Waals surface area contributed by atoms with Crippen molar-refractivity contribution < 1.29 is 22.4 Å². The molecule has 1 aliphatic rings. The molecule has 0 bridgehead atoms. The summed E-state index contributed by atoms with van der Waals surface area (Å²) in [6.07, 6.45) is 4.42. The lowest BCUT2D eigenvalue weighted by molar-refractivity contribution is 0.0691. The van der Waals surface area contributed by atoms with Crippen LogP contribution in [-0.2, 0) is 10.0 Å². The van der Waals surface area contributed by atoms with E-state index in [0.29, 0.717) is 30.9 Å². The number of carbonyl (C=O) groups is 1. The molecule has 27 heavy (non-hydrogen) atoms. The number of nitrogens with one attached hydrogen (secondary N) is 1. The molecule has 2 aromatic rings. The van der Waals surface area contributed by atoms with Crippen LogP contribution in [0.5, 0.6) is 5.75 Å². The number of hydrogen-bond acceptors (Lipinski definition) is 5. The standard InChI is InChI=1S/C19H24N2O5S/c1-14-3-4-17(25-2)18(11-14)27(23,24)20-12-15-5-8-21(9-6-15)19(22)16-7-10-26-13-16/h3-4,7,10-11,13,15,20H,5-6,8-9,12H2,1-2H3. The van der Waals surface area contributed by atoms with E-state index in [4.69, 9.17) is 9.15 Å². The number of benzene rings is 1. The SMILES string of the molecule is COc1ccc(C)cc1S(=O)(=O)NCC1CCN(C(=O)c2ccoc2)CC1. The van der Waals surface area contributed by atoms with Gasteiger partial charge in [-0.15, -0.1) is 0 Å². The number of rotatable bonds is 6. The van der Waals surface area contributed by atoms with E-state index in [0.717, 1.165) is 18.4 Å². The van der Waals surface area contributed by atoms with Gasteiger partial charge in [-0.3, -0.25) is 4.79 Å². The normalized spacial score (nSPS) is 15.7. The van der Waals surface area contributed by atoms with E-state index in [1.54, 1.807) is 23.1 Å². The van der Waals surface area contributed by atoms with Gasteiger partial charge in [-0.1, -0.05) is 6.07 Å². The fourth-order valence-electron chi connectivity index (χ4n) is 3.21. The molecule has 8 heteroatoms. The molecule has 0 aliphatic carbocycles. The van der Waals surface area contributed by atoms with Crippen LogP contribution in [-0.4, -0.2) is 46.0 Å². The molecular formula is C19H24N2O5S. The van der Waals surface area contributed by atoms with Gasteiger partial charge in [0.2, 0.25) is 10.0 Å².